The number of hydrogen-bond donors (Lipinski definition) is 0. The summed E-state index contributed by atoms with van der Waals surface area (Å²) < 4.78 is 0. The molecular weight excluding hydrogens is 316 g/mol. The second-order valence-corrected chi connectivity index (χ2v) is 8.15. The first-order valence-electron chi connectivity index (χ1n) is 12.3. The third-order valence-corrected chi connectivity index (χ3v) is 5.48. The van der Waals surface area contributed by atoms with Crippen LogP contribution in [0.15, 0.2) is 0 Å². The predicted molar refractivity (Wildman–Crippen MR) is 120 cm³/mol. The van der Waals surface area contributed by atoms with Gasteiger partial charge in [0.05, 0.1) is 13.1 Å². The lowest BCUT2D eigenvalue weighted by Crippen LogP contribution is -2.49. The second kappa shape index (κ2) is 21.2. The predicted octanol–water partition coefficient (Wildman–Crippen LogP) is 7.66. The Morgan fingerprint density at radius 2 is 0.769 bits per heavy atom. The number of hydrazine groups is 1. The van der Waals surface area contributed by atoms with Crippen molar-refractivity contribution in [3.63, 3.8) is 0 Å². The molecule has 1 radical (unpaired) electrons. The van der Waals surface area contributed by atoms with E-state index in [4.69, 9.17) is 0 Å². The topological polar surface area (TPSA) is 9.14 Å². The van der Waals surface area contributed by atoms with E-state index in [-0.39, 0.29) is 0 Å². The van der Waals surface area contributed by atoms with E-state index in [1.165, 1.54) is 129 Å². The lowest BCUT2D eigenvalue weighted by Gasteiger charge is -2.25. The highest BCUT2D eigenvalue weighted by atomic mass is 15.6. The standard InChI is InChI=1S/C24H52N2/c1-5-9-13-15-17-19-23-26(24-20-18-16-14-10-6-2)25(21-11-7-3)22-12-8-4/h5-24H2,1-4H3/q+1. The first kappa shape index (κ1) is 25.9. The van der Waals surface area contributed by atoms with Gasteiger partial charge in [-0.25, -0.2) is 0 Å². The van der Waals surface area contributed by atoms with Crippen molar-refractivity contribution in [3.05, 3.63) is 0 Å². The molecule has 0 N–H and O–H groups in total. The Balaban J connectivity index is 4.31. The maximum Gasteiger partial charge on any atom is 0.144 e. The summed E-state index contributed by atoms with van der Waals surface area (Å²) in [4.78, 5) is 0. The number of hydrogen-bond acceptors (Lipinski definition) is 2. The molecule has 26 heavy (non-hydrogen) atoms. The van der Waals surface area contributed by atoms with Crippen LogP contribution in [0.2, 0.25) is 0 Å². The van der Waals surface area contributed by atoms with Crippen LogP contribution in [0, 0.1) is 0 Å². The Labute approximate surface area is 167 Å². The van der Waals surface area contributed by atoms with E-state index in [1.807, 2.05) is 0 Å². The largest absolute Gasteiger partial charge is 0.144 e. The molecule has 2 nitrogen and oxygen atoms in total. The van der Waals surface area contributed by atoms with Crippen molar-refractivity contribution in [2.45, 2.75) is 130 Å². The zero-order valence-corrected chi connectivity index (χ0v) is 19.0. The lowest BCUT2D eigenvalue weighted by atomic mass is 10.1. The lowest BCUT2D eigenvalue weighted by molar-refractivity contribution is 0.0593. The van der Waals surface area contributed by atoms with Gasteiger partial charge in [0, 0.05) is 12.8 Å². The van der Waals surface area contributed by atoms with Gasteiger partial charge in [0.1, 0.15) is 13.1 Å². The molecule has 0 aromatic heterocycles. The highest BCUT2D eigenvalue weighted by molar-refractivity contribution is 4.66. The van der Waals surface area contributed by atoms with Crippen molar-refractivity contribution in [2.24, 2.45) is 0 Å². The van der Waals surface area contributed by atoms with Gasteiger partial charge < -0.3 is 0 Å². The molecule has 0 rings (SSSR count). The summed E-state index contributed by atoms with van der Waals surface area (Å²) in [6, 6.07) is 0. The van der Waals surface area contributed by atoms with Crippen LogP contribution in [0.5, 0.6) is 0 Å². The van der Waals surface area contributed by atoms with E-state index < -0.39 is 0 Å². The van der Waals surface area contributed by atoms with Crippen molar-refractivity contribution < 1.29 is 0 Å². The van der Waals surface area contributed by atoms with Crippen LogP contribution in [0.4, 0.5) is 0 Å². The van der Waals surface area contributed by atoms with E-state index in [9.17, 15) is 0 Å². The van der Waals surface area contributed by atoms with Gasteiger partial charge in [-0.05, 0) is 25.7 Å². The monoisotopic (exact) mass is 368 g/mol. The zero-order chi connectivity index (χ0) is 19.3. The SMILES string of the molecule is CCCCCCCC[N+](CCCCCCCC)N(CCCC)CCCC. The first-order valence-corrected chi connectivity index (χ1v) is 12.3. The highest BCUT2D eigenvalue weighted by Crippen LogP contribution is 2.11. The van der Waals surface area contributed by atoms with E-state index in [2.05, 4.69) is 37.7 Å². The molecule has 0 saturated heterocycles. The van der Waals surface area contributed by atoms with Gasteiger partial charge in [-0.1, -0.05) is 96.9 Å². The van der Waals surface area contributed by atoms with Crippen molar-refractivity contribution in [2.75, 3.05) is 26.2 Å². The van der Waals surface area contributed by atoms with E-state index in [1.54, 1.807) is 0 Å². The summed E-state index contributed by atoms with van der Waals surface area (Å²) in [5.74, 6) is 0. The van der Waals surface area contributed by atoms with Gasteiger partial charge >= 0.3 is 0 Å². The third-order valence-electron chi connectivity index (χ3n) is 5.48. The smallest absolute Gasteiger partial charge is 0.106 e. The molecule has 0 aromatic carbocycles. The zero-order valence-electron chi connectivity index (χ0n) is 19.0. The van der Waals surface area contributed by atoms with Gasteiger partial charge in [0.25, 0.3) is 0 Å². The molecule has 0 heterocycles. The van der Waals surface area contributed by atoms with Gasteiger partial charge in [0.2, 0.25) is 0 Å². The quantitative estimate of drug-likeness (QED) is 0.115. The highest BCUT2D eigenvalue weighted by Gasteiger charge is 2.23. The van der Waals surface area contributed by atoms with Crippen molar-refractivity contribution in [1.29, 1.82) is 0 Å². The molecule has 0 atom stereocenters. The summed E-state index contributed by atoms with van der Waals surface area (Å²) in [7, 11) is 0. The maximum atomic E-state index is 2.74. The van der Waals surface area contributed by atoms with Crippen LogP contribution in [0.3, 0.4) is 0 Å². The van der Waals surface area contributed by atoms with Crippen molar-refractivity contribution in [3.8, 4) is 0 Å². The summed E-state index contributed by atoms with van der Waals surface area (Å²) in [6.45, 7) is 14.4. The normalized spacial score (nSPS) is 11.8. The molecule has 0 bridgehead atoms. The molecule has 2 heteroatoms. The van der Waals surface area contributed by atoms with E-state index in [0.29, 0.717) is 0 Å². The molecule has 0 aliphatic heterocycles. The fraction of sp³-hybridized carbons (Fsp3) is 1.00. The van der Waals surface area contributed by atoms with Crippen molar-refractivity contribution >= 4 is 0 Å². The fourth-order valence-corrected chi connectivity index (χ4v) is 3.62. The molecule has 0 amide bonds. The minimum atomic E-state index is 1.27. The first-order chi connectivity index (χ1) is 12.8. The molecule has 157 valence electrons. The molecule has 0 unspecified atom stereocenters. The fourth-order valence-electron chi connectivity index (χ4n) is 3.62. The summed E-state index contributed by atoms with van der Waals surface area (Å²) in [5, 5.41) is 5.45. The number of nitrogens with zero attached hydrogens (tertiary/aromatic N) is 2. The second-order valence-electron chi connectivity index (χ2n) is 8.15. The van der Waals surface area contributed by atoms with E-state index >= 15 is 0 Å². The van der Waals surface area contributed by atoms with Crippen LogP contribution >= 0.6 is 0 Å². The molecule has 0 aliphatic rings. The average Bonchev–Trinajstić information content (AvgIpc) is 2.66. The van der Waals surface area contributed by atoms with Crippen LogP contribution in [-0.2, 0) is 0 Å². The summed E-state index contributed by atoms with van der Waals surface area (Å²) in [6.07, 6.45) is 22.2. The van der Waals surface area contributed by atoms with Crippen molar-refractivity contribution in [1.82, 2.24) is 10.0 Å². The molecule has 0 aromatic rings. The summed E-state index contributed by atoms with van der Waals surface area (Å²) in [5.41, 5.74) is 0. The Bertz CT molecular complexity index is 231. The number of rotatable bonds is 21. The van der Waals surface area contributed by atoms with Gasteiger partial charge in [-0.2, -0.15) is 0 Å². The molecule has 0 fully saturated rings. The van der Waals surface area contributed by atoms with Crippen LogP contribution in [0.1, 0.15) is 130 Å². The molecule has 0 saturated carbocycles. The van der Waals surface area contributed by atoms with Crippen LogP contribution in [0.25, 0.3) is 0 Å². The third kappa shape index (κ3) is 16.1. The van der Waals surface area contributed by atoms with Crippen LogP contribution in [-0.4, -0.2) is 31.2 Å². The summed E-state index contributed by atoms with van der Waals surface area (Å²) >= 11 is 0. The Morgan fingerprint density at radius 1 is 0.423 bits per heavy atom. The Hall–Kier alpha value is -0.0800. The van der Waals surface area contributed by atoms with E-state index in [0.717, 1.165) is 0 Å². The Morgan fingerprint density at radius 3 is 1.15 bits per heavy atom. The van der Waals surface area contributed by atoms with Gasteiger partial charge in [0.15, 0.2) is 0 Å². The minimum Gasteiger partial charge on any atom is -0.106 e. The van der Waals surface area contributed by atoms with Crippen LogP contribution < -0.4 is 5.01 Å². The van der Waals surface area contributed by atoms with Gasteiger partial charge in [-0.15, -0.1) is 5.01 Å². The molecule has 0 aliphatic carbocycles. The minimum absolute atomic E-state index is 1.27. The molecule has 0 spiro atoms. The molecular formula is C24H52N2+. The number of unbranched alkanes of at least 4 members (excludes halogenated alkanes) is 12. The average molecular weight is 369 g/mol. The Kier molecular flexibility index (Phi) is 21.2. The maximum absolute atomic E-state index is 2.74. The van der Waals surface area contributed by atoms with Gasteiger partial charge in [-0.3, -0.25) is 0 Å².